The summed E-state index contributed by atoms with van der Waals surface area (Å²) >= 11 is 0. The van der Waals surface area contributed by atoms with Gasteiger partial charge in [-0.25, -0.2) is 0 Å². The minimum Gasteiger partial charge on any atom is -0.359 e. The van der Waals surface area contributed by atoms with Gasteiger partial charge in [-0.1, -0.05) is 26.3 Å². The smallest absolute Gasteiger partial charge is 0.144 e. The summed E-state index contributed by atoms with van der Waals surface area (Å²) in [4.78, 5) is 2.65. The highest BCUT2D eigenvalue weighted by atomic mass is 16.6. The molecule has 0 amide bonds. The number of rotatable bonds is 0. The van der Waals surface area contributed by atoms with E-state index in [0.717, 1.165) is 12.5 Å². The maximum absolute atomic E-state index is 6.75. The van der Waals surface area contributed by atoms with E-state index in [1.54, 1.807) is 0 Å². The van der Waals surface area contributed by atoms with Crippen molar-refractivity contribution in [1.29, 1.82) is 0 Å². The summed E-state index contributed by atoms with van der Waals surface area (Å²) in [6.07, 6.45) is 9.39. The fraction of sp³-hybridized carbons (Fsp3) is 0.895. The lowest BCUT2D eigenvalue weighted by Crippen LogP contribution is -2.65. The van der Waals surface area contributed by atoms with Crippen LogP contribution >= 0.6 is 0 Å². The van der Waals surface area contributed by atoms with Gasteiger partial charge in [0.05, 0.1) is 12.2 Å². The molecule has 5 aliphatic rings. The Morgan fingerprint density at radius 1 is 1.14 bits per heavy atom. The zero-order valence-corrected chi connectivity index (χ0v) is 14.3. The highest BCUT2D eigenvalue weighted by molar-refractivity contribution is 5.29. The molecule has 0 N–H and O–H groups in total. The average Bonchev–Trinajstić information content (AvgIpc) is 3.10. The third-order valence-corrected chi connectivity index (χ3v) is 7.69. The minimum absolute atomic E-state index is 0.130. The molecule has 0 radical (unpaired) electrons. The van der Waals surface area contributed by atoms with Crippen LogP contribution in [-0.4, -0.2) is 41.0 Å². The molecule has 1 spiro atoms. The van der Waals surface area contributed by atoms with E-state index < -0.39 is 0 Å². The van der Waals surface area contributed by atoms with Crippen molar-refractivity contribution in [1.82, 2.24) is 4.90 Å². The van der Waals surface area contributed by atoms with Crippen LogP contribution in [0.5, 0.6) is 0 Å². The van der Waals surface area contributed by atoms with Crippen molar-refractivity contribution in [2.45, 2.75) is 76.5 Å². The van der Waals surface area contributed by atoms with Gasteiger partial charge in [-0.15, -0.1) is 0 Å². The predicted molar refractivity (Wildman–Crippen MR) is 85.3 cm³/mol. The quantitative estimate of drug-likeness (QED) is 0.642. The van der Waals surface area contributed by atoms with Crippen LogP contribution in [0.4, 0.5) is 0 Å². The number of hydrogen-bond acceptors (Lipinski definition) is 3. The SMILES string of the molecule is C[C@@H]1CC[C@@H]2[C@@H](C1)OC1N(C[C@H]3[C@H](C)[C@@H]4C=C[C@]13O4)C2(C)C. The molecule has 4 fully saturated rings. The summed E-state index contributed by atoms with van der Waals surface area (Å²) in [7, 11) is 0. The van der Waals surface area contributed by atoms with Crippen LogP contribution in [0.1, 0.15) is 47.0 Å². The Hall–Kier alpha value is -0.380. The molecule has 0 aromatic heterocycles. The van der Waals surface area contributed by atoms with Crippen LogP contribution in [0.25, 0.3) is 0 Å². The van der Waals surface area contributed by atoms with Gasteiger partial charge in [0, 0.05) is 23.9 Å². The van der Waals surface area contributed by atoms with Crippen molar-refractivity contribution >= 4 is 0 Å². The molecule has 4 heterocycles. The fourth-order valence-corrected chi connectivity index (χ4v) is 6.26. The van der Waals surface area contributed by atoms with Gasteiger partial charge in [0.1, 0.15) is 11.8 Å². The summed E-state index contributed by atoms with van der Waals surface area (Å²) in [5, 5.41) is 0. The monoisotopic (exact) mass is 303 g/mol. The Morgan fingerprint density at radius 3 is 2.77 bits per heavy atom. The zero-order valence-electron chi connectivity index (χ0n) is 14.3. The Morgan fingerprint density at radius 2 is 1.95 bits per heavy atom. The Bertz CT molecular complexity index is 530. The second kappa shape index (κ2) is 4.17. The van der Waals surface area contributed by atoms with Crippen LogP contribution in [0.2, 0.25) is 0 Å². The largest absolute Gasteiger partial charge is 0.359 e. The molecule has 4 aliphatic heterocycles. The molecule has 1 saturated carbocycles. The number of nitrogens with zero attached hydrogens (tertiary/aromatic N) is 1. The fourth-order valence-electron chi connectivity index (χ4n) is 6.26. The topological polar surface area (TPSA) is 21.7 Å². The third-order valence-electron chi connectivity index (χ3n) is 7.69. The van der Waals surface area contributed by atoms with E-state index >= 15 is 0 Å². The molecule has 3 heteroatoms. The molecular formula is C19H29NO2. The molecule has 0 aromatic carbocycles. The van der Waals surface area contributed by atoms with Crippen molar-refractivity contribution in [2.75, 3.05) is 6.54 Å². The normalized spacial score (nSPS) is 58.5. The molecular weight excluding hydrogens is 274 g/mol. The van der Waals surface area contributed by atoms with Crippen molar-refractivity contribution in [3.8, 4) is 0 Å². The summed E-state index contributed by atoms with van der Waals surface area (Å²) in [5.41, 5.74) is 0.0643. The lowest BCUT2D eigenvalue weighted by Gasteiger charge is -2.56. The van der Waals surface area contributed by atoms with Gasteiger partial charge in [0.25, 0.3) is 0 Å². The molecule has 0 aromatic rings. The predicted octanol–water partition coefficient (Wildman–Crippen LogP) is 3.20. The second-order valence-corrected chi connectivity index (χ2v) is 9.12. The van der Waals surface area contributed by atoms with Crippen LogP contribution in [0, 0.1) is 23.7 Å². The number of fused-ring (bicyclic) bond motifs is 3. The van der Waals surface area contributed by atoms with Crippen molar-refractivity contribution in [3.63, 3.8) is 0 Å². The summed E-state index contributed by atoms with van der Waals surface area (Å²) < 4.78 is 13.2. The van der Waals surface area contributed by atoms with E-state index in [2.05, 4.69) is 44.7 Å². The van der Waals surface area contributed by atoms with Gasteiger partial charge >= 0.3 is 0 Å². The Kier molecular flexibility index (Phi) is 2.66. The molecule has 2 bridgehead atoms. The third kappa shape index (κ3) is 1.49. The lowest BCUT2D eigenvalue weighted by atomic mass is 9.70. The summed E-state index contributed by atoms with van der Waals surface area (Å²) in [6.45, 7) is 10.8. The first-order chi connectivity index (χ1) is 10.4. The van der Waals surface area contributed by atoms with Gasteiger partial charge in [-0.3, -0.25) is 4.90 Å². The van der Waals surface area contributed by atoms with E-state index in [1.807, 2.05) is 0 Å². The standard InChI is InChI=1S/C19H29NO2/c1-11-5-6-13-16(9-11)21-17-19-8-7-15(22-19)12(2)14(19)10-20(17)18(13,3)4/h7-8,11-17H,5-6,9-10H2,1-4H3/t11-,12+,13-,14+,15+,16-,17?,19-/m1/s1. The van der Waals surface area contributed by atoms with Crippen LogP contribution in [0.15, 0.2) is 12.2 Å². The van der Waals surface area contributed by atoms with Gasteiger partial charge in [0.15, 0.2) is 0 Å². The van der Waals surface area contributed by atoms with Gasteiger partial charge in [-0.2, -0.15) is 0 Å². The maximum atomic E-state index is 6.75. The highest BCUT2D eigenvalue weighted by Crippen LogP contribution is 2.59. The molecule has 22 heavy (non-hydrogen) atoms. The first-order valence-corrected chi connectivity index (χ1v) is 9.23. The van der Waals surface area contributed by atoms with E-state index in [9.17, 15) is 0 Å². The number of ether oxygens (including phenoxy) is 2. The zero-order chi connectivity index (χ0) is 15.3. The first kappa shape index (κ1) is 14.0. The van der Waals surface area contributed by atoms with Gasteiger partial charge < -0.3 is 9.47 Å². The van der Waals surface area contributed by atoms with Crippen LogP contribution in [0.3, 0.4) is 0 Å². The molecule has 3 saturated heterocycles. The molecule has 5 rings (SSSR count). The molecule has 1 aliphatic carbocycles. The van der Waals surface area contributed by atoms with E-state index in [1.165, 1.54) is 19.3 Å². The van der Waals surface area contributed by atoms with E-state index in [-0.39, 0.29) is 17.4 Å². The van der Waals surface area contributed by atoms with Gasteiger partial charge in [0.2, 0.25) is 0 Å². The molecule has 122 valence electrons. The molecule has 1 unspecified atom stereocenters. The molecule has 3 nitrogen and oxygen atoms in total. The second-order valence-electron chi connectivity index (χ2n) is 9.12. The van der Waals surface area contributed by atoms with Crippen molar-refractivity contribution in [2.24, 2.45) is 23.7 Å². The maximum Gasteiger partial charge on any atom is 0.144 e. The summed E-state index contributed by atoms with van der Waals surface area (Å²) in [6, 6.07) is 0. The summed E-state index contributed by atoms with van der Waals surface area (Å²) in [5.74, 6) is 2.69. The van der Waals surface area contributed by atoms with Crippen molar-refractivity contribution < 1.29 is 9.47 Å². The lowest BCUT2D eigenvalue weighted by molar-refractivity contribution is -0.254. The Balaban J connectivity index is 1.54. The first-order valence-electron chi connectivity index (χ1n) is 9.23. The van der Waals surface area contributed by atoms with E-state index in [4.69, 9.17) is 9.47 Å². The van der Waals surface area contributed by atoms with E-state index in [0.29, 0.717) is 30.0 Å². The Labute approximate surface area is 134 Å². The minimum atomic E-state index is -0.160. The van der Waals surface area contributed by atoms with Crippen LogP contribution in [-0.2, 0) is 9.47 Å². The van der Waals surface area contributed by atoms with Gasteiger partial charge in [-0.05, 0) is 44.6 Å². The van der Waals surface area contributed by atoms with Crippen LogP contribution < -0.4 is 0 Å². The van der Waals surface area contributed by atoms with Crippen molar-refractivity contribution in [3.05, 3.63) is 12.2 Å². The number of hydrogen-bond donors (Lipinski definition) is 0. The average molecular weight is 303 g/mol. The molecule has 8 atom stereocenters. The highest BCUT2D eigenvalue weighted by Gasteiger charge is 2.69.